The number of hydrogen-bond donors (Lipinski definition) is 2. The summed E-state index contributed by atoms with van der Waals surface area (Å²) in [7, 11) is 1.53. The highest BCUT2D eigenvalue weighted by atomic mass is 16.5. The Kier molecular flexibility index (Phi) is 6.54. The van der Waals surface area contributed by atoms with Crippen molar-refractivity contribution in [2.45, 2.75) is 6.92 Å². The Labute approximate surface area is 195 Å². The van der Waals surface area contributed by atoms with Crippen molar-refractivity contribution >= 4 is 34.8 Å². The van der Waals surface area contributed by atoms with Crippen LogP contribution in [0.4, 0.5) is 11.4 Å². The van der Waals surface area contributed by atoms with E-state index < -0.39 is 18.5 Å². The van der Waals surface area contributed by atoms with Gasteiger partial charge in [0.1, 0.15) is 11.4 Å². The molecule has 0 unspecified atom stereocenters. The molecule has 0 aliphatic rings. The second kappa shape index (κ2) is 9.86. The molecule has 0 radical (unpaired) electrons. The molecule has 0 atom stereocenters. The van der Waals surface area contributed by atoms with Gasteiger partial charge in [-0.05, 0) is 61.0 Å². The molecule has 0 spiro atoms. The lowest BCUT2D eigenvalue weighted by Crippen LogP contribution is -2.21. The number of carbonyl (C=O) groups is 3. The molecule has 9 heteroatoms. The topological polar surface area (TPSA) is 111 Å². The number of esters is 1. The van der Waals surface area contributed by atoms with Crippen LogP contribution in [0.15, 0.2) is 73.1 Å². The van der Waals surface area contributed by atoms with Crippen molar-refractivity contribution in [2.24, 2.45) is 0 Å². The number of para-hydroxylation sites is 2. The first kappa shape index (κ1) is 22.5. The summed E-state index contributed by atoms with van der Waals surface area (Å²) in [5, 5.41) is 5.41. The molecule has 0 bridgehead atoms. The van der Waals surface area contributed by atoms with Crippen LogP contribution >= 0.6 is 0 Å². The van der Waals surface area contributed by atoms with E-state index in [-0.39, 0.29) is 11.6 Å². The highest BCUT2D eigenvalue weighted by Gasteiger charge is 2.15. The first-order valence-electron chi connectivity index (χ1n) is 10.4. The van der Waals surface area contributed by atoms with E-state index in [1.54, 1.807) is 59.3 Å². The lowest BCUT2D eigenvalue weighted by molar-refractivity contribution is -0.119. The highest BCUT2D eigenvalue weighted by Crippen LogP contribution is 2.24. The van der Waals surface area contributed by atoms with Crippen molar-refractivity contribution in [2.75, 3.05) is 24.4 Å². The van der Waals surface area contributed by atoms with Crippen LogP contribution < -0.4 is 15.4 Å². The normalized spacial score (nSPS) is 10.5. The summed E-state index contributed by atoms with van der Waals surface area (Å²) < 4.78 is 12.0. The van der Waals surface area contributed by atoms with Crippen molar-refractivity contribution in [3.8, 4) is 5.75 Å². The molecule has 2 amide bonds. The number of aryl methyl sites for hydroxylation is 1. The van der Waals surface area contributed by atoms with Crippen LogP contribution in [0.5, 0.6) is 5.75 Å². The number of fused-ring (bicyclic) bond motifs is 1. The molecule has 4 rings (SSSR count). The van der Waals surface area contributed by atoms with Gasteiger partial charge in [-0.3, -0.25) is 9.59 Å². The molecular weight excluding hydrogens is 436 g/mol. The second-order valence-electron chi connectivity index (χ2n) is 7.45. The monoisotopic (exact) mass is 458 g/mol. The van der Waals surface area contributed by atoms with Crippen LogP contribution in [0.3, 0.4) is 0 Å². The van der Waals surface area contributed by atoms with Crippen molar-refractivity contribution in [3.05, 3.63) is 89.9 Å². The summed E-state index contributed by atoms with van der Waals surface area (Å²) in [5.74, 6) is -0.981. The van der Waals surface area contributed by atoms with Crippen LogP contribution in [-0.2, 0) is 9.53 Å². The number of amides is 2. The standard InChI is InChI=1S/C25H22N4O5/c1-16-11-12-29-14-20(27-22(29)13-16)25(32)34-15-23(30)26-18-9-7-17(8-10-18)24(31)28-19-5-3-4-6-21(19)33-2/h3-14H,15H2,1-2H3,(H,26,30)(H,28,31). The van der Waals surface area contributed by atoms with E-state index in [2.05, 4.69) is 15.6 Å². The molecule has 9 nitrogen and oxygen atoms in total. The Morgan fingerprint density at radius 3 is 2.53 bits per heavy atom. The fourth-order valence-electron chi connectivity index (χ4n) is 3.23. The van der Waals surface area contributed by atoms with E-state index in [0.29, 0.717) is 28.3 Å². The third kappa shape index (κ3) is 5.21. The smallest absolute Gasteiger partial charge is 0.359 e. The molecule has 4 aromatic rings. The number of hydrogen-bond acceptors (Lipinski definition) is 6. The predicted octanol–water partition coefficient (Wildman–Crippen LogP) is 3.70. The van der Waals surface area contributed by atoms with Gasteiger partial charge >= 0.3 is 5.97 Å². The number of rotatable bonds is 7. The number of nitrogens with one attached hydrogen (secondary N) is 2. The van der Waals surface area contributed by atoms with Gasteiger partial charge in [0.25, 0.3) is 11.8 Å². The summed E-state index contributed by atoms with van der Waals surface area (Å²) in [5.41, 5.74) is 3.15. The fourth-order valence-corrected chi connectivity index (χ4v) is 3.23. The van der Waals surface area contributed by atoms with Crippen LogP contribution in [-0.4, -0.2) is 40.9 Å². The Morgan fingerprint density at radius 2 is 1.76 bits per heavy atom. The summed E-state index contributed by atoms with van der Waals surface area (Å²) >= 11 is 0. The summed E-state index contributed by atoms with van der Waals surface area (Å²) in [6.07, 6.45) is 3.34. The summed E-state index contributed by atoms with van der Waals surface area (Å²) in [4.78, 5) is 41.1. The zero-order valence-electron chi connectivity index (χ0n) is 18.6. The van der Waals surface area contributed by atoms with Gasteiger partial charge in [-0.2, -0.15) is 0 Å². The number of ether oxygens (including phenoxy) is 2. The molecule has 2 N–H and O–H groups in total. The third-order valence-corrected chi connectivity index (χ3v) is 4.95. The van der Waals surface area contributed by atoms with Crippen molar-refractivity contribution in [3.63, 3.8) is 0 Å². The number of methoxy groups -OCH3 is 1. The van der Waals surface area contributed by atoms with E-state index in [4.69, 9.17) is 9.47 Å². The highest BCUT2D eigenvalue weighted by molar-refractivity contribution is 6.05. The van der Waals surface area contributed by atoms with Gasteiger partial charge in [0.05, 0.1) is 12.8 Å². The lowest BCUT2D eigenvalue weighted by atomic mass is 10.2. The minimum atomic E-state index is -0.695. The SMILES string of the molecule is COc1ccccc1NC(=O)c1ccc(NC(=O)COC(=O)c2cn3ccc(C)cc3n2)cc1. The molecule has 2 aromatic carbocycles. The van der Waals surface area contributed by atoms with Crippen molar-refractivity contribution < 1.29 is 23.9 Å². The Morgan fingerprint density at radius 1 is 1.00 bits per heavy atom. The van der Waals surface area contributed by atoms with Crippen LogP contribution in [0.1, 0.15) is 26.4 Å². The largest absolute Gasteiger partial charge is 0.495 e. The molecule has 34 heavy (non-hydrogen) atoms. The number of aromatic nitrogens is 2. The molecule has 0 aliphatic heterocycles. The van der Waals surface area contributed by atoms with Gasteiger partial charge in [-0.15, -0.1) is 0 Å². The Hall–Kier alpha value is -4.66. The van der Waals surface area contributed by atoms with Gasteiger partial charge in [-0.1, -0.05) is 12.1 Å². The third-order valence-electron chi connectivity index (χ3n) is 4.95. The molecule has 172 valence electrons. The number of benzene rings is 2. The van der Waals surface area contributed by atoms with Gasteiger partial charge in [0, 0.05) is 23.6 Å². The average molecular weight is 458 g/mol. The van der Waals surface area contributed by atoms with Crippen molar-refractivity contribution in [1.82, 2.24) is 9.38 Å². The Balaban J connectivity index is 1.30. The molecule has 0 fully saturated rings. The van der Waals surface area contributed by atoms with E-state index in [1.807, 2.05) is 25.1 Å². The van der Waals surface area contributed by atoms with Gasteiger partial charge < -0.3 is 24.5 Å². The molecular formula is C25H22N4O5. The maximum atomic E-state index is 12.5. The van der Waals surface area contributed by atoms with E-state index in [1.165, 1.54) is 7.11 Å². The van der Waals surface area contributed by atoms with Crippen molar-refractivity contribution in [1.29, 1.82) is 0 Å². The number of pyridine rings is 1. The minimum absolute atomic E-state index is 0.115. The van der Waals surface area contributed by atoms with Crippen LogP contribution in [0.25, 0.3) is 5.65 Å². The fraction of sp³-hybridized carbons (Fsp3) is 0.120. The molecule has 2 aromatic heterocycles. The molecule has 0 saturated heterocycles. The van der Waals surface area contributed by atoms with E-state index >= 15 is 0 Å². The number of imidazole rings is 1. The maximum Gasteiger partial charge on any atom is 0.359 e. The summed E-state index contributed by atoms with van der Waals surface area (Å²) in [6, 6.07) is 17.1. The predicted molar refractivity (Wildman–Crippen MR) is 126 cm³/mol. The van der Waals surface area contributed by atoms with Crippen LogP contribution in [0, 0.1) is 6.92 Å². The first-order chi connectivity index (χ1) is 16.4. The number of anilines is 2. The second-order valence-corrected chi connectivity index (χ2v) is 7.45. The zero-order chi connectivity index (χ0) is 24.1. The maximum absolute atomic E-state index is 12.5. The first-order valence-corrected chi connectivity index (χ1v) is 10.4. The van der Waals surface area contributed by atoms with Gasteiger partial charge in [0.2, 0.25) is 0 Å². The minimum Gasteiger partial charge on any atom is -0.495 e. The average Bonchev–Trinajstić information content (AvgIpc) is 3.26. The lowest BCUT2D eigenvalue weighted by Gasteiger charge is -2.10. The summed E-state index contributed by atoms with van der Waals surface area (Å²) in [6.45, 7) is 1.46. The van der Waals surface area contributed by atoms with Gasteiger partial charge in [-0.25, -0.2) is 9.78 Å². The number of carbonyl (C=O) groups excluding carboxylic acids is 3. The Bertz CT molecular complexity index is 1360. The quantitative estimate of drug-likeness (QED) is 0.409. The van der Waals surface area contributed by atoms with E-state index in [9.17, 15) is 14.4 Å². The molecule has 0 saturated carbocycles. The van der Waals surface area contributed by atoms with Crippen LogP contribution in [0.2, 0.25) is 0 Å². The number of nitrogens with zero attached hydrogens (tertiary/aromatic N) is 2. The van der Waals surface area contributed by atoms with E-state index in [0.717, 1.165) is 5.56 Å². The molecule has 2 heterocycles. The molecule has 0 aliphatic carbocycles. The zero-order valence-corrected chi connectivity index (χ0v) is 18.6. The van der Waals surface area contributed by atoms with Gasteiger partial charge in [0.15, 0.2) is 12.3 Å².